The summed E-state index contributed by atoms with van der Waals surface area (Å²) in [4.78, 5) is 0. The number of anilines is 1. The number of nitrogens with zero attached hydrogens (tertiary/aromatic N) is 1. The van der Waals surface area contributed by atoms with E-state index in [-0.39, 0.29) is 5.88 Å². The Labute approximate surface area is 144 Å². The van der Waals surface area contributed by atoms with Gasteiger partial charge in [-0.05, 0) is 46.9 Å². The molecule has 1 aromatic carbocycles. The molecule has 3 rings (SSSR count). The van der Waals surface area contributed by atoms with E-state index in [1.807, 2.05) is 11.4 Å². The van der Waals surface area contributed by atoms with Gasteiger partial charge in [0.2, 0.25) is 5.88 Å². The van der Waals surface area contributed by atoms with Crippen molar-refractivity contribution in [1.82, 2.24) is 5.16 Å². The lowest BCUT2D eigenvalue weighted by Crippen LogP contribution is -1.92. The van der Waals surface area contributed by atoms with E-state index >= 15 is 0 Å². The highest BCUT2D eigenvalue weighted by molar-refractivity contribution is 14.1. The van der Waals surface area contributed by atoms with Crippen LogP contribution in [0.3, 0.4) is 0 Å². The summed E-state index contributed by atoms with van der Waals surface area (Å²) in [6, 6.07) is 7.39. The zero-order valence-electron chi connectivity index (χ0n) is 10.9. The predicted molar refractivity (Wildman–Crippen MR) is 93.9 cm³/mol. The van der Waals surface area contributed by atoms with Crippen molar-refractivity contribution < 1.29 is 9.26 Å². The molecule has 0 unspecified atom stereocenters. The monoisotopic (exact) mass is 432 g/mol. The first-order chi connectivity index (χ1) is 10.1. The van der Waals surface area contributed by atoms with Gasteiger partial charge in [0, 0.05) is 21.5 Å². The average Bonchev–Trinajstić information content (AvgIpc) is 3.04. The summed E-state index contributed by atoms with van der Waals surface area (Å²) in [5.41, 5.74) is 9.07. The Hall–Kier alpha value is -1.25. The number of hydrogen-bond donors (Lipinski definition) is 1. The Bertz CT molecular complexity index is 800. The molecule has 0 aliphatic heterocycles. The number of hydrogen-bond acceptors (Lipinski definition) is 5. The summed E-state index contributed by atoms with van der Waals surface area (Å²) in [7, 11) is 1.60. The summed E-state index contributed by atoms with van der Waals surface area (Å²) in [5, 5.41) is 6.69. The van der Waals surface area contributed by atoms with Crippen LogP contribution in [0.1, 0.15) is 0 Å². The van der Waals surface area contributed by atoms with Crippen LogP contribution in [-0.4, -0.2) is 12.3 Å². The molecule has 0 fully saturated rings. The van der Waals surface area contributed by atoms with Crippen molar-refractivity contribution in [1.29, 1.82) is 0 Å². The van der Waals surface area contributed by atoms with Crippen LogP contribution >= 0.6 is 45.5 Å². The van der Waals surface area contributed by atoms with Gasteiger partial charge in [0.05, 0.1) is 15.6 Å². The Balaban J connectivity index is 2.24. The van der Waals surface area contributed by atoms with Crippen molar-refractivity contribution in [2.75, 3.05) is 12.8 Å². The fourth-order valence-electron chi connectivity index (χ4n) is 2.07. The zero-order valence-corrected chi connectivity index (χ0v) is 14.6. The normalized spacial score (nSPS) is 10.8. The number of methoxy groups -OCH3 is 1. The molecule has 0 amide bonds. The molecule has 0 atom stereocenters. The molecule has 2 heterocycles. The zero-order chi connectivity index (χ0) is 15.0. The van der Waals surface area contributed by atoms with Crippen molar-refractivity contribution in [2.45, 2.75) is 0 Å². The molecule has 0 saturated heterocycles. The number of nitrogen functional groups attached to an aromatic ring is 1. The lowest BCUT2D eigenvalue weighted by atomic mass is 10.0. The lowest BCUT2D eigenvalue weighted by molar-refractivity contribution is 0.416. The topological polar surface area (TPSA) is 61.3 Å². The number of halogens is 2. The molecule has 2 N–H and O–H groups in total. The first kappa shape index (κ1) is 14.7. The van der Waals surface area contributed by atoms with E-state index in [0.29, 0.717) is 22.0 Å². The molecule has 0 aliphatic carbocycles. The van der Waals surface area contributed by atoms with E-state index < -0.39 is 0 Å². The van der Waals surface area contributed by atoms with Gasteiger partial charge in [-0.3, -0.25) is 0 Å². The van der Waals surface area contributed by atoms with E-state index in [4.69, 9.17) is 26.6 Å². The molecule has 0 radical (unpaired) electrons. The molecule has 0 bridgehead atoms. The van der Waals surface area contributed by atoms with E-state index in [2.05, 4.69) is 27.7 Å². The third-order valence-corrected chi connectivity index (χ3v) is 5.01. The molecule has 0 saturated carbocycles. The van der Waals surface area contributed by atoms with Gasteiger partial charge >= 0.3 is 0 Å². The highest BCUT2D eigenvalue weighted by Crippen LogP contribution is 2.42. The maximum Gasteiger partial charge on any atom is 0.230 e. The van der Waals surface area contributed by atoms with Crippen LogP contribution in [0.2, 0.25) is 5.02 Å². The van der Waals surface area contributed by atoms with Crippen LogP contribution in [-0.2, 0) is 0 Å². The third-order valence-electron chi connectivity index (χ3n) is 2.99. The summed E-state index contributed by atoms with van der Waals surface area (Å²) in [6.45, 7) is 0. The second kappa shape index (κ2) is 5.86. The second-order valence-electron chi connectivity index (χ2n) is 4.25. The van der Waals surface area contributed by atoms with Gasteiger partial charge in [0.15, 0.2) is 0 Å². The summed E-state index contributed by atoms with van der Waals surface area (Å²) >= 11 is 9.99. The Kier molecular flexibility index (Phi) is 4.10. The van der Waals surface area contributed by atoms with E-state index in [1.165, 1.54) is 0 Å². The van der Waals surface area contributed by atoms with Gasteiger partial charge in [0.1, 0.15) is 11.4 Å². The van der Waals surface area contributed by atoms with Crippen LogP contribution in [0.15, 0.2) is 34.2 Å². The molecule has 3 aromatic rings. The predicted octanol–water partition coefficient (Wildman–Crippen LogP) is 4.92. The van der Waals surface area contributed by atoms with Crippen LogP contribution in [0.25, 0.3) is 22.4 Å². The highest BCUT2D eigenvalue weighted by Gasteiger charge is 2.21. The third kappa shape index (κ3) is 2.75. The maximum absolute atomic E-state index is 6.10. The summed E-state index contributed by atoms with van der Waals surface area (Å²) in [5.74, 6) is 0.909. The molecule has 4 nitrogen and oxygen atoms in total. The average molecular weight is 433 g/mol. The molecular weight excluding hydrogens is 423 g/mol. The summed E-state index contributed by atoms with van der Waals surface area (Å²) in [6.07, 6.45) is 0. The standard InChI is InChI=1S/C14H10ClIN2O2S/c1-19-10-3-2-8(15)5-9(10)12-13(18-20-14(12)17)7-4-11(16)21-6-7/h2-6H,17H2,1H3. The van der Waals surface area contributed by atoms with Gasteiger partial charge in [0.25, 0.3) is 0 Å². The first-order valence-electron chi connectivity index (χ1n) is 5.93. The summed E-state index contributed by atoms with van der Waals surface area (Å²) < 4.78 is 11.7. The maximum atomic E-state index is 6.10. The highest BCUT2D eigenvalue weighted by atomic mass is 127. The van der Waals surface area contributed by atoms with E-state index in [0.717, 1.165) is 14.0 Å². The number of nitrogens with two attached hydrogens (primary N) is 1. The van der Waals surface area contributed by atoms with E-state index in [9.17, 15) is 0 Å². The Morgan fingerprint density at radius 3 is 2.86 bits per heavy atom. The van der Waals surface area contributed by atoms with Crippen molar-refractivity contribution in [3.05, 3.63) is 37.6 Å². The van der Waals surface area contributed by atoms with Gasteiger partial charge in [-0.2, -0.15) is 0 Å². The lowest BCUT2D eigenvalue weighted by Gasteiger charge is -2.08. The second-order valence-corrected chi connectivity index (χ2v) is 7.50. The van der Waals surface area contributed by atoms with Crippen LogP contribution in [0.4, 0.5) is 5.88 Å². The van der Waals surface area contributed by atoms with Crippen LogP contribution < -0.4 is 10.5 Å². The molecule has 7 heteroatoms. The van der Waals surface area contributed by atoms with Gasteiger partial charge < -0.3 is 15.0 Å². The SMILES string of the molecule is COc1ccc(Cl)cc1-c1c(-c2csc(I)c2)noc1N. The molecule has 108 valence electrons. The minimum absolute atomic E-state index is 0.242. The van der Waals surface area contributed by atoms with Gasteiger partial charge in [-0.25, -0.2) is 0 Å². The number of aromatic nitrogens is 1. The number of ether oxygens (including phenoxy) is 1. The molecule has 2 aromatic heterocycles. The molecule has 0 aliphatic rings. The van der Waals surface area contributed by atoms with Crippen molar-refractivity contribution in [3.8, 4) is 28.1 Å². The van der Waals surface area contributed by atoms with Crippen molar-refractivity contribution in [2.24, 2.45) is 0 Å². The van der Waals surface area contributed by atoms with Gasteiger partial charge in [-0.1, -0.05) is 16.8 Å². The fraction of sp³-hybridized carbons (Fsp3) is 0.0714. The number of benzene rings is 1. The largest absolute Gasteiger partial charge is 0.496 e. The molecule has 21 heavy (non-hydrogen) atoms. The van der Waals surface area contributed by atoms with Crippen LogP contribution in [0, 0.1) is 2.88 Å². The minimum atomic E-state index is 0.242. The van der Waals surface area contributed by atoms with Gasteiger partial charge in [-0.15, -0.1) is 11.3 Å². The fourth-order valence-corrected chi connectivity index (χ4v) is 3.57. The Morgan fingerprint density at radius 2 is 2.19 bits per heavy atom. The van der Waals surface area contributed by atoms with Crippen molar-refractivity contribution in [3.63, 3.8) is 0 Å². The first-order valence-corrected chi connectivity index (χ1v) is 8.27. The molecule has 0 spiro atoms. The minimum Gasteiger partial charge on any atom is -0.496 e. The van der Waals surface area contributed by atoms with Crippen molar-refractivity contribution >= 4 is 51.4 Å². The Morgan fingerprint density at radius 1 is 1.38 bits per heavy atom. The van der Waals surface area contributed by atoms with Crippen LogP contribution in [0.5, 0.6) is 5.75 Å². The number of rotatable bonds is 3. The quantitative estimate of drug-likeness (QED) is 0.597. The number of thiophene rings is 1. The smallest absolute Gasteiger partial charge is 0.230 e. The van der Waals surface area contributed by atoms with E-state index in [1.54, 1.807) is 36.6 Å². The molecular formula is C14H10ClIN2O2S.